The zero-order chi connectivity index (χ0) is 30.4. The van der Waals surface area contributed by atoms with Crippen molar-refractivity contribution in [1.82, 2.24) is 20.7 Å². The molecule has 2 fully saturated rings. The lowest BCUT2D eigenvalue weighted by atomic mass is 10.1. The molecular formula is C28H30Cl2N4O8. The summed E-state index contributed by atoms with van der Waals surface area (Å²) in [5.74, 6) is -3.38. The van der Waals surface area contributed by atoms with Crippen molar-refractivity contribution in [2.75, 3.05) is 13.1 Å². The van der Waals surface area contributed by atoms with Crippen LogP contribution in [0.1, 0.15) is 48.5 Å². The number of ether oxygens (including phenoxy) is 2. The number of esters is 1. The van der Waals surface area contributed by atoms with E-state index in [4.69, 9.17) is 32.7 Å². The van der Waals surface area contributed by atoms with Gasteiger partial charge in [0.05, 0.1) is 23.1 Å². The van der Waals surface area contributed by atoms with Crippen LogP contribution in [0.15, 0.2) is 42.5 Å². The van der Waals surface area contributed by atoms with Crippen molar-refractivity contribution in [3.63, 3.8) is 0 Å². The van der Waals surface area contributed by atoms with Gasteiger partial charge in [-0.15, -0.1) is 0 Å². The number of nitrogens with zero attached hydrogens (tertiary/aromatic N) is 2. The maximum absolute atomic E-state index is 13.6. The number of cyclic esters (lactones) is 1. The molecule has 0 aliphatic carbocycles. The molecule has 12 nitrogen and oxygen atoms in total. The largest absolute Gasteiger partial charge is 0.505 e. The number of amides is 4. The highest BCUT2D eigenvalue weighted by molar-refractivity contribution is 6.37. The summed E-state index contributed by atoms with van der Waals surface area (Å²) >= 11 is 11.9. The molecule has 4 rings (SSSR count). The number of halogens is 2. The monoisotopic (exact) mass is 620 g/mol. The Morgan fingerprint density at radius 3 is 2.43 bits per heavy atom. The normalized spacial score (nSPS) is 20.7. The van der Waals surface area contributed by atoms with Crippen molar-refractivity contribution in [3.05, 3.63) is 63.6 Å². The fourth-order valence-electron chi connectivity index (χ4n) is 4.59. The summed E-state index contributed by atoms with van der Waals surface area (Å²) in [6.45, 7) is 1.57. The summed E-state index contributed by atoms with van der Waals surface area (Å²) in [6, 6.07) is 9.64. The van der Waals surface area contributed by atoms with Crippen molar-refractivity contribution in [3.8, 4) is 5.75 Å². The molecule has 14 heteroatoms. The van der Waals surface area contributed by atoms with Crippen molar-refractivity contribution in [2.24, 2.45) is 0 Å². The fraction of sp³-hybridized carbons (Fsp3) is 0.393. The fourth-order valence-corrected chi connectivity index (χ4v) is 5.08. The number of hydrogen-bond acceptors (Lipinski definition) is 8. The SMILES string of the molecule is CCCN1C(=O)CC[C@H](NC(=O)c2cc(Cl)c(O)c(Cl)c2)C(=O)N1CC(=O)N[C@H]1CC(=O)O[C@H]1OCc1ccccc1. The van der Waals surface area contributed by atoms with Gasteiger partial charge in [-0.25, -0.2) is 5.01 Å². The van der Waals surface area contributed by atoms with Crippen LogP contribution < -0.4 is 10.6 Å². The molecule has 0 aromatic heterocycles. The lowest BCUT2D eigenvalue weighted by Crippen LogP contribution is -2.57. The van der Waals surface area contributed by atoms with Crippen LogP contribution in [-0.2, 0) is 35.3 Å². The van der Waals surface area contributed by atoms with Crippen molar-refractivity contribution < 1.29 is 38.6 Å². The first kappa shape index (κ1) is 31.1. The van der Waals surface area contributed by atoms with Gasteiger partial charge in [-0.1, -0.05) is 60.5 Å². The van der Waals surface area contributed by atoms with Crippen LogP contribution in [0.3, 0.4) is 0 Å². The summed E-state index contributed by atoms with van der Waals surface area (Å²) in [7, 11) is 0. The Balaban J connectivity index is 1.46. The Morgan fingerprint density at radius 2 is 1.76 bits per heavy atom. The third kappa shape index (κ3) is 7.50. The quantitative estimate of drug-likeness (QED) is 0.342. The molecule has 0 unspecified atom stereocenters. The molecule has 3 N–H and O–H groups in total. The summed E-state index contributed by atoms with van der Waals surface area (Å²) < 4.78 is 11.0. The average Bonchev–Trinajstić information content (AvgIpc) is 3.27. The topological polar surface area (TPSA) is 155 Å². The molecule has 0 spiro atoms. The van der Waals surface area contributed by atoms with Gasteiger partial charge in [-0.2, -0.15) is 0 Å². The zero-order valence-corrected chi connectivity index (χ0v) is 24.2. The van der Waals surface area contributed by atoms with E-state index in [1.807, 2.05) is 37.3 Å². The second-order valence-electron chi connectivity index (χ2n) is 9.80. The zero-order valence-electron chi connectivity index (χ0n) is 22.7. The van der Waals surface area contributed by atoms with Gasteiger partial charge in [-0.05, 0) is 30.5 Å². The number of nitrogens with one attached hydrogen (secondary N) is 2. The Morgan fingerprint density at radius 1 is 1.07 bits per heavy atom. The van der Waals surface area contributed by atoms with Crippen LogP contribution >= 0.6 is 23.2 Å². The van der Waals surface area contributed by atoms with Crippen molar-refractivity contribution in [1.29, 1.82) is 0 Å². The summed E-state index contributed by atoms with van der Waals surface area (Å²) in [5.41, 5.74) is 0.840. The number of carbonyl (C=O) groups excluding carboxylic acids is 5. The Hall–Kier alpha value is -3.87. The number of aromatic hydroxyl groups is 1. The Bertz CT molecular complexity index is 1340. The second kappa shape index (κ2) is 13.9. The molecule has 2 aromatic carbocycles. The molecule has 2 heterocycles. The number of phenols is 1. The van der Waals surface area contributed by atoms with Crippen LogP contribution in [0.2, 0.25) is 10.0 Å². The Kier molecular flexibility index (Phi) is 10.3. The third-order valence-corrected chi connectivity index (χ3v) is 7.23. The molecule has 42 heavy (non-hydrogen) atoms. The van der Waals surface area contributed by atoms with Crippen LogP contribution in [0.25, 0.3) is 0 Å². The number of hydrogen-bond donors (Lipinski definition) is 3. The lowest BCUT2D eigenvalue weighted by Gasteiger charge is -2.34. The first-order valence-corrected chi connectivity index (χ1v) is 14.1. The van der Waals surface area contributed by atoms with E-state index < -0.39 is 54.5 Å². The number of carbonyl (C=O) groups is 5. The van der Waals surface area contributed by atoms with Crippen molar-refractivity contribution in [2.45, 2.75) is 57.6 Å². The second-order valence-corrected chi connectivity index (χ2v) is 10.6. The predicted octanol–water partition coefficient (Wildman–Crippen LogP) is 2.55. The van der Waals surface area contributed by atoms with E-state index in [1.54, 1.807) is 0 Å². The van der Waals surface area contributed by atoms with Crippen LogP contribution in [-0.4, -0.2) is 76.2 Å². The predicted molar refractivity (Wildman–Crippen MR) is 150 cm³/mol. The van der Waals surface area contributed by atoms with Gasteiger partial charge in [0.15, 0.2) is 5.75 Å². The molecule has 4 amide bonds. The van der Waals surface area contributed by atoms with E-state index in [2.05, 4.69) is 10.6 Å². The number of phenolic OH excluding ortho intramolecular Hbond substituents is 1. The molecular weight excluding hydrogens is 591 g/mol. The average molecular weight is 621 g/mol. The molecule has 0 radical (unpaired) electrons. The highest BCUT2D eigenvalue weighted by atomic mass is 35.5. The molecule has 2 aliphatic heterocycles. The molecule has 3 atom stereocenters. The van der Waals surface area contributed by atoms with Gasteiger partial charge >= 0.3 is 5.97 Å². The van der Waals surface area contributed by atoms with E-state index >= 15 is 0 Å². The highest BCUT2D eigenvalue weighted by Gasteiger charge is 2.40. The van der Waals surface area contributed by atoms with E-state index in [9.17, 15) is 29.1 Å². The first-order valence-electron chi connectivity index (χ1n) is 13.3. The summed E-state index contributed by atoms with van der Waals surface area (Å²) in [6.07, 6.45) is -0.744. The lowest BCUT2D eigenvalue weighted by molar-refractivity contribution is -0.169. The molecule has 2 aromatic rings. The minimum atomic E-state index is -1.15. The van der Waals surface area contributed by atoms with Crippen molar-refractivity contribution >= 4 is 52.8 Å². The van der Waals surface area contributed by atoms with E-state index in [1.165, 1.54) is 17.1 Å². The minimum absolute atomic E-state index is 0.00618. The molecule has 0 bridgehead atoms. The van der Waals surface area contributed by atoms with Crippen LogP contribution in [0, 0.1) is 0 Å². The summed E-state index contributed by atoms with van der Waals surface area (Å²) in [5, 5.41) is 16.9. The van der Waals surface area contributed by atoms with E-state index in [0.717, 1.165) is 10.6 Å². The smallest absolute Gasteiger partial charge is 0.310 e. The molecule has 2 aliphatic rings. The van der Waals surface area contributed by atoms with Gasteiger partial charge in [0.2, 0.25) is 18.1 Å². The third-order valence-electron chi connectivity index (χ3n) is 6.66. The van der Waals surface area contributed by atoms with Gasteiger partial charge in [0.25, 0.3) is 11.8 Å². The number of benzene rings is 2. The summed E-state index contributed by atoms with van der Waals surface area (Å²) in [4.78, 5) is 64.7. The van der Waals surface area contributed by atoms with Gasteiger partial charge < -0.3 is 25.2 Å². The van der Waals surface area contributed by atoms with Crippen LogP contribution in [0.5, 0.6) is 5.75 Å². The highest BCUT2D eigenvalue weighted by Crippen LogP contribution is 2.32. The van der Waals surface area contributed by atoms with E-state index in [0.29, 0.717) is 6.42 Å². The standard InChI is InChI=1S/C28H30Cl2N4O8/c1-2-10-33-23(36)9-8-20(32-26(39)17-11-18(29)25(38)19(30)12-17)27(40)34(33)14-22(35)31-21-13-24(37)42-28(21)41-15-16-6-4-3-5-7-16/h3-7,11-12,20-21,28,38H,2,8-10,13-15H2,1H3,(H,31,35)(H,32,39)/t20-,21-,28+/m0/s1. The molecule has 2 saturated heterocycles. The van der Waals surface area contributed by atoms with Gasteiger partial charge in [0, 0.05) is 18.5 Å². The molecule has 0 saturated carbocycles. The maximum atomic E-state index is 13.6. The number of rotatable bonds is 10. The minimum Gasteiger partial charge on any atom is -0.505 e. The van der Waals surface area contributed by atoms with E-state index in [-0.39, 0.29) is 53.8 Å². The first-order chi connectivity index (χ1) is 20.1. The van der Waals surface area contributed by atoms with Crippen LogP contribution in [0.4, 0.5) is 0 Å². The Labute approximate surface area is 251 Å². The molecule has 224 valence electrons. The number of hydrazine groups is 1. The van der Waals surface area contributed by atoms with Gasteiger partial charge in [0.1, 0.15) is 18.6 Å². The maximum Gasteiger partial charge on any atom is 0.310 e. The van der Waals surface area contributed by atoms with Gasteiger partial charge in [-0.3, -0.25) is 29.0 Å².